The maximum Gasteiger partial charge on any atom is 0.322 e. The first-order valence-corrected chi connectivity index (χ1v) is 8.70. The lowest BCUT2D eigenvalue weighted by Crippen LogP contribution is -2.38. The number of methoxy groups -OCH3 is 1. The standard InChI is InChI=1S/C21H23NO4/c1-13(20(22)21(24)25-2)11-19(23)26-12-18-16-9-5-3-7-14(16)15-8-4-6-10-17(15)18/h3-10,13,18,20H,11-12,22H2,1-2H3/t13-,20-/m0/s1. The molecule has 0 aliphatic heterocycles. The van der Waals surface area contributed by atoms with E-state index in [2.05, 4.69) is 29.0 Å². The lowest BCUT2D eigenvalue weighted by Gasteiger charge is -2.18. The van der Waals surface area contributed by atoms with E-state index >= 15 is 0 Å². The quantitative estimate of drug-likeness (QED) is 0.808. The predicted octanol–water partition coefficient (Wildman–Crippen LogP) is 2.87. The summed E-state index contributed by atoms with van der Waals surface area (Å²) in [6, 6.07) is 15.5. The van der Waals surface area contributed by atoms with Crippen molar-refractivity contribution in [2.24, 2.45) is 11.7 Å². The van der Waals surface area contributed by atoms with Gasteiger partial charge in [0.05, 0.1) is 13.5 Å². The van der Waals surface area contributed by atoms with E-state index in [0.29, 0.717) is 0 Å². The van der Waals surface area contributed by atoms with Crippen LogP contribution in [0.1, 0.15) is 30.4 Å². The highest BCUT2D eigenvalue weighted by atomic mass is 16.5. The van der Waals surface area contributed by atoms with Crippen LogP contribution in [0.5, 0.6) is 0 Å². The molecule has 136 valence electrons. The topological polar surface area (TPSA) is 78.6 Å². The number of hydrogen-bond acceptors (Lipinski definition) is 5. The number of benzene rings is 2. The van der Waals surface area contributed by atoms with E-state index in [1.54, 1.807) is 6.92 Å². The van der Waals surface area contributed by atoms with Crippen molar-refractivity contribution in [2.75, 3.05) is 13.7 Å². The number of ether oxygens (including phenoxy) is 2. The number of esters is 2. The van der Waals surface area contributed by atoms with Crippen LogP contribution in [0.4, 0.5) is 0 Å². The highest BCUT2D eigenvalue weighted by Crippen LogP contribution is 2.44. The van der Waals surface area contributed by atoms with E-state index in [0.717, 1.165) is 0 Å². The molecule has 2 aromatic rings. The van der Waals surface area contributed by atoms with Crippen molar-refractivity contribution in [3.8, 4) is 11.1 Å². The molecule has 0 radical (unpaired) electrons. The molecule has 0 saturated carbocycles. The first-order valence-electron chi connectivity index (χ1n) is 8.70. The van der Waals surface area contributed by atoms with Gasteiger partial charge in [-0.15, -0.1) is 0 Å². The number of fused-ring (bicyclic) bond motifs is 3. The molecule has 5 heteroatoms. The fourth-order valence-electron chi connectivity index (χ4n) is 3.43. The minimum atomic E-state index is -0.833. The van der Waals surface area contributed by atoms with Gasteiger partial charge >= 0.3 is 11.9 Å². The van der Waals surface area contributed by atoms with Crippen LogP contribution in [0.25, 0.3) is 11.1 Å². The summed E-state index contributed by atoms with van der Waals surface area (Å²) >= 11 is 0. The van der Waals surface area contributed by atoms with Gasteiger partial charge in [-0.05, 0) is 28.2 Å². The number of carbonyl (C=O) groups excluding carboxylic acids is 2. The number of carbonyl (C=O) groups is 2. The average molecular weight is 353 g/mol. The maximum absolute atomic E-state index is 12.2. The fraction of sp³-hybridized carbons (Fsp3) is 0.333. The molecular weight excluding hydrogens is 330 g/mol. The molecule has 0 amide bonds. The summed E-state index contributed by atoms with van der Waals surface area (Å²) in [5.74, 6) is -1.21. The molecule has 5 nitrogen and oxygen atoms in total. The van der Waals surface area contributed by atoms with Gasteiger partial charge in [0.1, 0.15) is 12.6 Å². The summed E-state index contributed by atoms with van der Waals surface area (Å²) in [6.45, 7) is 2.01. The molecule has 0 bridgehead atoms. The molecule has 2 atom stereocenters. The van der Waals surface area contributed by atoms with Crippen molar-refractivity contribution in [3.63, 3.8) is 0 Å². The van der Waals surface area contributed by atoms with Gasteiger partial charge in [0, 0.05) is 5.92 Å². The number of nitrogens with two attached hydrogens (primary N) is 1. The first-order chi connectivity index (χ1) is 12.5. The van der Waals surface area contributed by atoms with Crippen LogP contribution < -0.4 is 5.73 Å². The second kappa shape index (κ2) is 7.70. The van der Waals surface area contributed by atoms with Gasteiger partial charge < -0.3 is 15.2 Å². The second-order valence-electron chi connectivity index (χ2n) is 6.64. The van der Waals surface area contributed by atoms with Crippen molar-refractivity contribution in [2.45, 2.75) is 25.3 Å². The summed E-state index contributed by atoms with van der Waals surface area (Å²) in [7, 11) is 1.28. The molecular formula is C21H23NO4. The van der Waals surface area contributed by atoms with Crippen LogP contribution in [0, 0.1) is 5.92 Å². The molecule has 26 heavy (non-hydrogen) atoms. The predicted molar refractivity (Wildman–Crippen MR) is 98.5 cm³/mol. The van der Waals surface area contributed by atoms with E-state index in [4.69, 9.17) is 10.5 Å². The minimum Gasteiger partial charge on any atom is -0.468 e. The molecule has 3 rings (SSSR count). The largest absolute Gasteiger partial charge is 0.468 e. The molecule has 2 N–H and O–H groups in total. The third-order valence-electron chi connectivity index (χ3n) is 4.95. The first kappa shape index (κ1) is 18.1. The van der Waals surface area contributed by atoms with Crippen LogP contribution in [0.3, 0.4) is 0 Å². The van der Waals surface area contributed by atoms with Crippen LogP contribution in [0.2, 0.25) is 0 Å². The van der Waals surface area contributed by atoms with Crippen molar-refractivity contribution in [1.29, 1.82) is 0 Å². The number of hydrogen-bond donors (Lipinski definition) is 1. The van der Waals surface area contributed by atoms with E-state index < -0.39 is 12.0 Å². The van der Waals surface area contributed by atoms with Crippen LogP contribution >= 0.6 is 0 Å². The summed E-state index contributed by atoms with van der Waals surface area (Å²) in [5, 5.41) is 0. The number of rotatable bonds is 6. The Morgan fingerprint density at radius 1 is 1.04 bits per heavy atom. The fourth-order valence-corrected chi connectivity index (χ4v) is 3.43. The highest BCUT2D eigenvalue weighted by Gasteiger charge is 2.30. The van der Waals surface area contributed by atoms with Gasteiger partial charge in [-0.3, -0.25) is 9.59 Å². The third kappa shape index (κ3) is 3.48. The second-order valence-corrected chi connectivity index (χ2v) is 6.64. The highest BCUT2D eigenvalue weighted by molar-refractivity contribution is 5.79. The van der Waals surface area contributed by atoms with E-state index in [1.165, 1.54) is 29.4 Å². The van der Waals surface area contributed by atoms with Crippen molar-refractivity contribution in [1.82, 2.24) is 0 Å². The molecule has 0 aromatic heterocycles. The Bertz CT molecular complexity index is 772. The van der Waals surface area contributed by atoms with E-state index in [9.17, 15) is 9.59 Å². The molecule has 0 fully saturated rings. The van der Waals surface area contributed by atoms with Crippen molar-refractivity contribution in [3.05, 3.63) is 59.7 Å². The van der Waals surface area contributed by atoms with Gasteiger partial charge in [-0.25, -0.2) is 0 Å². The van der Waals surface area contributed by atoms with Crippen molar-refractivity contribution >= 4 is 11.9 Å². The third-order valence-corrected chi connectivity index (χ3v) is 4.95. The lowest BCUT2D eigenvalue weighted by atomic mass is 9.97. The molecule has 0 spiro atoms. The Labute approximate surface area is 153 Å². The molecule has 0 heterocycles. The lowest BCUT2D eigenvalue weighted by molar-refractivity contribution is -0.147. The van der Waals surface area contributed by atoms with Crippen molar-refractivity contribution < 1.29 is 19.1 Å². The zero-order valence-electron chi connectivity index (χ0n) is 15.0. The Morgan fingerprint density at radius 2 is 1.58 bits per heavy atom. The Balaban J connectivity index is 1.67. The van der Waals surface area contributed by atoms with Gasteiger partial charge in [0.25, 0.3) is 0 Å². The normalized spacial score (nSPS) is 14.9. The van der Waals surface area contributed by atoms with Crippen LogP contribution in [-0.4, -0.2) is 31.7 Å². The Hall–Kier alpha value is -2.66. The molecule has 0 saturated heterocycles. The van der Waals surface area contributed by atoms with E-state index in [1.807, 2.05) is 24.3 Å². The van der Waals surface area contributed by atoms with Gasteiger partial charge in [-0.2, -0.15) is 0 Å². The molecule has 2 aromatic carbocycles. The van der Waals surface area contributed by atoms with Gasteiger partial charge in [0.15, 0.2) is 0 Å². The smallest absolute Gasteiger partial charge is 0.322 e. The summed E-state index contributed by atoms with van der Waals surface area (Å²) < 4.78 is 10.1. The average Bonchev–Trinajstić information content (AvgIpc) is 2.99. The molecule has 1 aliphatic rings. The van der Waals surface area contributed by atoms with Gasteiger partial charge in [-0.1, -0.05) is 55.5 Å². The Kier molecular flexibility index (Phi) is 5.38. The molecule has 1 aliphatic carbocycles. The summed E-state index contributed by atoms with van der Waals surface area (Å²) in [5.41, 5.74) is 10.5. The summed E-state index contributed by atoms with van der Waals surface area (Å²) in [4.78, 5) is 23.7. The van der Waals surface area contributed by atoms with Gasteiger partial charge in [0.2, 0.25) is 0 Å². The van der Waals surface area contributed by atoms with E-state index in [-0.39, 0.29) is 30.8 Å². The Morgan fingerprint density at radius 3 is 2.12 bits per heavy atom. The zero-order valence-corrected chi connectivity index (χ0v) is 15.0. The zero-order chi connectivity index (χ0) is 18.7. The maximum atomic E-state index is 12.2. The molecule has 0 unspecified atom stereocenters. The monoisotopic (exact) mass is 353 g/mol. The SMILES string of the molecule is COC(=O)[C@@H](N)[C@@H](C)CC(=O)OCC1c2ccccc2-c2ccccc21. The summed E-state index contributed by atoms with van der Waals surface area (Å²) in [6.07, 6.45) is 0.0757. The van der Waals surface area contributed by atoms with Crippen LogP contribution in [0.15, 0.2) is 48.5 Å². The minimum absolute atomic E-state index is 0.0240. The van der Waals surface area contributed by atoms with Crippen LogP contribution in [-0.2, 0) is 19.1 Å².